The van der Waals surface area contributed by atoms with Crippen molar-refractivity contribution in [1.82, 2.24) is 4.57 Å². The van der Waals surface area contributed by atoms with E-state index in [-0.39, 0.29) is 10.7 Å². The Hall–Kier alpha value is -2.40. The summed E-state index contributed by atoms with van der Waals surface area (Å²) in [5, 5.41) is 11.8. The Bertz CT molecular complexity index is 845. The molecule has 1 aromatic heterocycles. The van der Waals surface area contributed by atoms with E-state index in [0.717, 1.165) is 5.39 Å². The highest BCUT2D eigenvalue weighted by molar-refractivity contribution is 6.31. The first-order valence-electron chi connectivity index (χ1n) is 6.22. The highest BCUT2D eigenvalue weighted by atomic mass is 35.5. The molecule has 0 aliphatic rings. The van der Waals surface area contributed by atoms with Gasteiger partial charge in [-0.25, -0.2) is 4.39 Å². The lowest BCUT2D eigenvalue weighted by atomic mass is 10.2. The van der Waals surface area contributed by atoms with Crippen LogP contribution in [-0.2, 0) is 6.54 Å². The molecule has 4 nitrogen and oxygen atoms in total. The van der Waals surface area contributed by atoms with Crippen molar-refractivity contribution < 1.29 is 9.31 Å². The molecule has 0 atom stereocenters. The second-order valence-corrected chi connectivity index (χ2v) is 5.03. The molecule has 0 fully saturated rings. The van der Waals surface area contributed by atoms with Gasteiger partial charge in [0.05, 0.1) is 15.5 Å². The summed E-state index contributed by atoms with van der Waals surface area (Å²) in [5.41, 5.74) is 1.36. The number of non-ortho nitro benzene ring substituents is 1. The highest BCUT2D eigenvalue weighted by Crippen LogP contribution is 2.25. The van der Waals surface area contributed by atoms with Crippen LogP contribution in [-0.4, -0.2) is 9.49 Å². The second kappa shape index (κ2) is 5.18. The molecule has 0 spiro atoms. The number of rotatable bonds is 3. The molecule has 0 unspecified atom stereocenters. The average molecular weight is 305 g/mol. The van der Waals surface area contributed by atoms with E-state index in [0.29, 0.717) is 17.6 Å². The first-order chi connectivity index (χ1) is 10.1. The van der Waals surface area contributed by atoms with Gasteiger partial charge in [-0.2, -0.15) is 0 Å². The van der Waals surface area contributed by atoms with Gasteiger partial charge in [0, 0.05) is 30.3 Å². The molecule has 0 aliphatic carbocycles. The van der Waals surface area contributed by atoms with Gasteiger partial charge in [0.15, 0.2) is 0 Å². The van der Waals surface area contributed by atoms with Gasteiger partial charge in [0.25, 0.3) is 5.69 Å². The molecule has 106 valence electrons. The van der Waals surface area contributed by atoms with Gasteiger partial charge in [-0.3, -0.25) is 10.1 Å². The van der Waals surface area contributed by atoms with E-state index in [1.54, 1.807) is 24.4 Å². The standard InChI is InChI=1S/C15H10ClFN2O2/c16-15-11(2-1-3-13(15)17)9-18-7-6-10-4-5-12(19(20)21)8-14(10)18/h1-8H,9H2. The number of hydrogen-bond acceptors (Lipinski definition) is 2. The monoisotopic (exact) mass is 304 g/mol. The largest absolute Gasteiger partial charge is 0.343 e. The fraction of sp³-hybridized carbons (Fsp3) is 0.0667. The number of aromatic nitrogens is 1. The predicted molar refractivity (Wildman–Crippen MR) is 79.1 cm³/mol. The van der Waals surface area contributed by atoms with Crippen LogP contribution in [0.2, 0.25) is 5.02 Å². The van der Waals surface area contributed by atoms with Crippen LogP contribution in [0.3, 0.4) is 0 Å². The van der Waals surface area contributed by atoms with E-state index in [1.165, 1.54) is 18.2 Å². The number of nitro groups is 1. The van der Waals surface area contributed by atoms with Crippen LogP contribution in [0.1, 0.15) is 5.56 Å². The lowest BCUT2D eigenvalue weighted by molar-refractivity contribution is -0.384. The number of halogens is 2. The minimum absolute atomic E-state index is 0.0211. The summed E-state index contributed by atoms with van der Waals surface area (Å²) in [6, 6.07) is 11.1. The first kappa shape index (κ1) is 13.6. The maximum atomic E-state index is 13.5. The van der Waals surface area contributed by atoms with Gasteiger partial charge in [-0.1, -0.05) is 23.7 Å². The normalized spacial score (nSPS) is 11.0. The van der Waals surface area contributed by atoms with Crippen LogP contribution in [0.15, 0.2) is 48.7 Å². The van der Waals surface area contributed by atoms with Gasteiger partial charge >= 0.3 is 0 Å². The lowest BCUT2D eigenvalue weighted by Crippen LogP contribution is -2.00. The molecule has 0 amide bonds. The Balaban J connectivity index is 2.06. The number of nitrogens with zero attached hydrogens (tertiary/aromatic N) is 2. The minimum atomic E-state index is -0.475. The second-order valence-electron chi connectivity index (χ2n) is 4.66. The predicted octanol–water partition coefficient (Wildman–Crippen LogP) is 4.39. The summed E-state index contributed by atoms with van der Waals surface area (Å²) in [6.07, 6.45) is 1.80. The zero-order chi connectivity index (χ0) is 15.0. The van der Waals surface area contributed by atoms with Gasteiger partial charge < -0.3 is 4.57 Å². The topological polar surface area (TPSA) is 48.1 Å². The molecule has 3 aromatic rings. The van der Waals surface area contributed by atoms with Gasteiger partial charge in [0.2, 0.25) is 0 Å². The van der Waals surface area contributed by atoms with Gasteiger partial charge in [-0.05, 0) is 23.8 Å². The third kappa shape index (κ3) is 2.48. The zero-order valence-corrected chi connectivity index (χ0v) is 11.5. The molecule has 0 radical (unpaired) electrons. The fourth-order valence-corrected chi connectivity index (χ4v) is 2.46. The van der Waals surface area contributed by atoms with Crippen molar-refractivity contribution in [2.45, 2.75) is 6.54 Å². The number of hydrogen-bond donors (Lipinski definition) is 0. The van der Waals surface area contributed by atoms with E-state index >= 15 is 0 Å². The third-order valence-electron chi connectivity index (χ3n) is 3.34. The number of nitro benzene ring substituents is 1. The van der Waals surface area contributed by atoms with Crippen LogP contribution in [0.4, 0.5) is 10.1 Å². The average Bonchev–Trinajstić information content (AvgIpc) is 2.86. The first-order valence-corrected chi connectivity index (χ1v) is 6.60. The molecule has 0 saturated heterocycles. The SMILES string of the molecule is O=[N+]([O-])c1ccc2ccn(Cc3cccc(F)c3Cl)c2c1. The van der Waals surface area contributed by atoms with E-state index in [4.69, 9.17) is 11.6 Å². The Morgan fingerprint density at radius 3 is 2.81 bits per heavy atom. The number of benzene rings is 2. The molecule has 1 heterocycles. The van der Waals surface area contributed by atoms with Crippen LogP contribution < -0.4 is 0 Å². The highest BCUT2D eigenvalue weighted by Gasteiger charge is 2.11. The smallest absolute Gasteiger partial charge is 0.271 e. The fourth-order valence-electron chi connectivity index (χ4n) is 2.28. The summed E-state index contributed by atoms with van der Waals surface area (Å²) in [7, 11) is 0. The molecule has 0 saturated carbocycles. The van der Waals surface area contributed by atoms with Crippen molar-refractivity contribution in [3.8, 4) is 0 Å². The Morgan fingerprint density at radius 1 is 1.24 bits per heavy atom. The quantitative estimate of drug-likeness (QED) is 0.532. The van der Waals surface area contributed by atoms with Crippen molar-refractivity contribution in [1.29, 1.82) is 0 Å². The molecular formula is C15H10ClFN2O2. The number of fused-ring (bicyclic) bond motifs is 1. The molecule has 0 bridgehead atoms. The van der Waals surface area contributed by atoms with E-state index in [2.05, 4.69) is 0 Å². The summed E-state index contributed by atoms with van der Waals surface area (Å²) < 4.78 is 15.3. The Kier molecular flexibility index (Phi) is 3.35. The molecule has 0 aliphatic heterocycles. The van der Waals surface area contributed by atoms with Crippen molar-refractivity contribution in [2.75, 3.05) is 0 Å². The van der Waals surface area contributed by atoms with Crippen molar-refractivity contribution in [2.24, 2.45) is 0 Å². The Labute approximate surface area is 124 Å². The maximum Gasteiger partial charge on any atom is 0.271 e. The molecule has 6 heteroatoms. The molecule has 21 heavy (non-hydrogen) atoms. The zero-order valence-electron chi connectivity index (χ0n) is 10.8. The summed E-state index contributed by atoms with van der Waals surface area (Å²) >= 11 is 5.95. The van der Waals surface area contributed by atoms with E-state index in [1.807, 2.05) is 10.6 Å². The summed E-state index contributed by atoms with van der Waals surface area (Å²) in [6.45, 7) is 0.348. The van der Waals surface area contributed by atoms with Gasteiger partial charge in [0.1, 0.15) is 5.82 Å². The van der Waals surface area contributed by atoms with E-state index in [9.17, 15) is 14.5 Å². The maximum absolute atomic E-state index is 13.5. The van der Waals surface area contributed by atoms with E-state index < -0.39 is 10.7 Å². The van der Waals surface area contributed by atoms with Crippen LogP contribution in [0, 0.1) is 15.9 Å². The summed E-state index contributed by atoms with van der Waals surface area (Å²) in [4.78, 5) is 10.4. The third-order valence-corrected chi connectivity index (χ3v) is 3.76. The molecule has 3 rings (SSSR count). The van der Waals surface area contributed by atoms with Crippen LogP contribution >= 0.6 is 11.6 Å². The lowest BCUT2D eigenvalue weighted by Gasteiger charge is -2.08. The van der Waals surface area contributed by atoms with Crippen molar-refractivity contribution in [3.05, 3.63) is 75.2 Å². The molecule has 2 aromatic carbocycles. The molecular weight excluding hydrogens is 295 g/mol. The van der Waals surface area contributed by atoms with Crippen molar-refractivity contribution in [3.63, 3.8) is 0 Å². The minimum Gasteiger partial charge on any atom is -0.343 e. The van der Waals surface area contributed by atoms with Gasteiger partial charge in [-0.15, -0.1) is 0 Å². The van der Waals surface area contributed by atoms with Crippen LogP contribution in [0.25, 0.3) is 10.9 Å². The van der Waals surface area contributed by atoms with Crippen molar-refractivity contribution >= 4 is 28.2 Å². The molecule has 0 N–H and O–H groups in total. The summed E-state index contributed by atoms with van der Waals surface area (Å²) in [5.74, 6) is -0.475. The van der Waals surface area contributed by atoms with Crippen LogP contribution in [0.5, 0.6) is 0 Å². The Morgan fingerprint density at radius 2 is 2.05 bits per heavy atom.